The fraction of sp³-hybridized carbons (Fsp3) is 0.538. The van der Waals surface area contributed by atoms with E-state index in [0.717, 1.165) is 35.6 Å². The number of rotatable bonds is 9. The van der Waals surface area contributed by atoms with E-state index in [1.54, 1.807) is 0 Å². The zero-order valence-corrected chi connectivity index (χ0v) is 18.7. The van der Waals surface area contributed by atoms with Crippen molar-refractivity contribution in [3.8, 4) is 5.75 Å². The van der Waals surface area contributed by atoms with Crippen LogP contribution >= 0.6 is 0 Å². The number of aryl methyl sites for hydroxylation is 2. The molecule has 3 rings (SSSR count). The maximum atomic E-state index is 13.4. The largest absolute Gasteiger partial charge is 0.439 e. The molecule has 0 N–H and O–H groups in total. The first kappa shape index (κ1) is 25.4. The third-order valence-electron chi connectivity index (χ3n) is 6.46. The van der Waals surface area contributed by atoms with Crippen LogP contribution in [0, 0.1) is 5.92 Å². The predicted octanol–water partition coefficient (Wildman–Crippen LogP) is 8.42. The minimum atomic E-state index is -5.70. The first-order chi connectivity index (χ1) is 15.6. The lowest BCUT2D eigenvalue weighted by atomic mass is 9.77. The van der Waals surface area contributed by atoms with Crippen molar-refractivity contribution in [1.82, 2.24) is 0 Å². The second kappa shape index (κ2) is 10.8. The van der Waals surface area contributed by atoms with E-state index in [4.69, 9.17) is 0 Å². The molecule has 2 aromatic rings. The summed E-state index contributed by atoms with van der Waals surface area (Å²) in [7, 11) is 0. The molecule has 0 heterocycles. The zero-order valence-electron chi connectivity index (χ0n) is 18.7. The average molecular weight is 473 g/mol. The molecule has 1 saturated carbocycles. The lowest BCUT2D eigenvalue weighted by Crippen LogP contribution is -2.45. The predicted molar refractivity (Wildman–Crippen MR) is 116 cm³/mol. The number of halogens is 6. The standard InChI is InChI=1S/C26H30F6O/c1-2-3-18-6-12-21(13-7-18)22-14-8-19(9-15-22)4-5-20-10-16-23(17-11-20)33-26(31,32)24(27)25(28,29)30/h8-11,14-18,21,24H,2-7,12-13H2,1H3. The van der Waals surface area contributed by atoms with Crippen molar-refractivity contribution in [1.29, 1.82) is 0 Å². The van der Waals surface area contributed by atoms with E-state index in [0.29, 0.717) is 12.3 Å². The quantitative estimate of drug-likeness (QED) is 0.333. The van der Waals surface area contributed by atoms with Gasteiger partial charge in [-0.05, 0) is 79.2 Å². The van der Waals surface area contributed by atoms with Crippen molar-refractivity contribution in [2.45, 2.75) is 82.7 Å². The van der Waals surface area contributed by atoms with Crippen LogP contribution < -0.4 is 4.74 Å². The van der Waals surface area contributed by atoms with E-state index in [9.17, 15) is 26.3 Å². The Balaban J connectivity index is 1.49. The molecule has 0 bridgehead atoms. The van der Waals surface area contributed by atoms with Gasteiger partial charge in [0.25, 0.3) is 6.17 Å². The topological polar surface area (TPSA) is 9.23 Å². The van der Waals surface area contributed by atoms with Gasteiger partial charge in [0.05, 0.1) is 0 Å². The first-order valence-electron chi connectivity index (χ1n) is 11.5. The molecule has 0 aliphatic heterocycles. The summed E-state index contributed by atoms with van der Waals surface area (Å²) < 4.78 is 80.3. The van der Waals surface area contributed by atoms with Crippen LogP contribution in [-0.4, -0.2) is 18.5 Å². The summed E-state index contributed by atoms with van der Waals surface area (Å²) in [4.78, 5) is 0. The second-order valence-electron chi connectivity index (χ2n) is 8.96. The van der Waals surface area contributed by atoms with Gasteiger partial charge in [0, 0.05) is 0 Å². The van der Waals surface area contributed by atoms with E-state index in [-0.39, 0.29) is 0 Å². The summed E-state index contributed by atoms with van der Waals surface area (Å²) in [5.41, 5.74) is 3.34. The molecular formula is C26H30F6O. The second-order valence-corrected chi connectivity index (χ2v) is 8.96. The van der Waals surface area contributed by atoms with Gasteiger partial charge in [0.15, 0.2) is 0 Å². The van der Waals surface area contributed by atoms with Gasteiger partial charge in [-0.3, -0.25) is 0 Å². The molecule has 1 aliphatic rings. The number of alkyl halides is 6. The highest BCUT2D eigenvalue weighted by Crippen LogP contribution is 2.38. The summed E-state index contributed by atoms with van der Waals surface area (Å²) >= 11 is 0. The van der Waals surface area contributed by atoms with E-state index < -0.39 is 24.2 Å². The van der Waals surface area contributed by atoms with Crippen molar-refractivity contribution < 1.29 is 31.1 Å². The first-order valence-corrected chi connectivity index (χ1v) is 11.5. The average Bonchev–Trinajstić information content (AvgIpc) is 2.78. The molecule has 1 nitrogen and oxygen atoms in total. The van der Waals surface area contributed by atoms with Gasteiger partial charge < -0.3 is 4.74 Å². The van der Waals surface area contributed by atoms with Crippen LogP contribution in [0.4, 0.5) is 26.3 Å². The summed E-state index contributed by atoms with van der Waals surface area (Å²) in [6, 6.07) is 13.9. The van der Waals surface area contributed by atoms with Gasteiger partial charge in [-0.25, -0.2) is 4.39 Å². The molecule has 1 unspecified atom stereocenters. The van der Waals surface area contributed by atoms with Crippen molar-refractivity contribution in [2.24, 2.45) is 5.92 Å². The van der Waals surface area contributed by atoms with Crippen LogP contribution in [-0.2, 0) is 12.8 Å². The molecule has 0 spiro atoms. The molecule has 1 atom stereocenters. The smallest absolute Gasteiger partial charge is 0.430 e. The Morgan fingerprint density at radius 3 is 1.82 bits per heavy atom. The Hall–Kier alpha value is -2.18. The normalized spacial score (nSPS) is 20.5. The fourth-order valence-corrected chi connectivity index (χ4v) is 4.56. The van der Waals surface area contributed by atoms with Gasteiger partial charge in [-0.2, -0.15) is 22.0 Å². The van der Waals surface area contributed by atoms with Crippen molar-refractivity contribution >= 4 is 0 Å². The monoisotopic (exact) mass is 472 g/mol. The number of benzene rings is 2. The minimum Gasteiger partial charge on any atom is -0.430 e. The lowest BCUT2D eigenvalue weighted by Gasteiger charge is -2.28. The van der Waals surface area contributed by atoms with E-state index in [1.165, 1.54) is 56.2 Å². The Morgan fingerprint density at radius 2 is 1.33 bits per heavy atom. The maximum absolute atomic E-state index is 13.4. The lowest BCUT2D eigenvalue weighted by molar-refractivity contribution is -0.304. The Kier molecular flexibility index (Phi) is 8.35. The Morgan fingerprint density at radius 1 is 0.818 bits per heavy atom. The summed E-state index contributed by atoms with van der Waals surface area (Å²) in [6.07, 6.45) is -6.06. The van der Waals surface area contributed by atoms with Crippen LogP contribution in [0.1, 0.15) is 68.1 Å². The molecule has 0 aromatic heterocycles. The molecule has 0 amide bonds. The Labute approximate surface area is 191 Å². The van der Waals surface area contributed by atoms with Gasteiger partial charge in [-0.1, -0.05) is 56.2 Å². The van der Waals surface area contributed by atoms with Gasteiger partial charge in [0.2, 0.25) is 0 Å². The molecule has 1 fully saturated rings. The van der Waals surface area contributed by atoms with Gasteiger partial charge in [-0.15, -0.1) is 0 Å². The molecule has 33 heavy (non-hydrogen) atoms. The zero-order chi connectivity index (χ0) is 24.1. The van der Waals surface area contributed by atoms with Crippen LogP contribution in [0.5, 0.6) is 5.75 Å². The highest BCUT2D eigenvalue weighted by atomic mass is 19.4. The third kappa shape index (κ3) is 7.15. The van der Waals surface area contributed by atoms with E-state index in [2.05, 4.69) is 35.9 Å². The van der Waals surface area contributed by atoms with Crippen molar-refractivity contribution in [3.05, 3.63) is 65.2 Å². The van der Waals surface area contributed by atoms with Crippen LogP contribution in [0.15, 0.2) is 48.5 Å². The molecule has 1 aliphatic carbocycles. The van der Waals surface area contributed by atoms with Crippen LogP contribution in [0.25, 0.3) is 0 Å². The Bertz CT molecular complexity index is 852. The summed E-state index contributed by atoms with van der Waals surface area (Å²) in [6.45, 7) is 2.24. The van der Waals surface area contributed by atoms with E-state index in [1.807, 2.05) is 0 Å². The molecule has 2 aromatic carbocycles. The molecule has 182 valence electrons. The summed E-state index contributed by atoms with van der Waals surface area (Å²) in [5, 5.41) is 0. The third-order valence-corrected chi connectivity index (χ3v) is 6.46. The minimum absolute atomic E-state index is 0.520. The van der Waals surface area contributed by atoms with Crippen LogP contribution in [0.2, 0.25) is 0 Å². The molecule has 7 heteroatoms. The van der Waals surface area contributed by atoms with Gasteiger partial charge in [0.1, 0.15) is 5.75 Å². The van der Waals surface area contributed by atoms with Gasteiger partial charge >= 0.3 is 12.3 Å². The maximum Gasteiger partial charge on any atom is 0.439 e. The SMILES string of the molecule is CCCC1CCC(c2ccc(CCc3ccc(OC(F)(F)C(F)C(F)(F)F)cc3)cc2)CC1. The van der Waals surface area contributed by atoms with Crippen LogP contribution in [0.3, 0.4) is 0 Å². The number of ether oxygens (including phenoxy) is 1. The van der Waals surface area contributed by atoms with E-state index >= 15 is 0 Å². The fourth-order valence-electron chi connectivity index (χ4n) is 4.56. The summed E-state index contributed by atoms with van der Waals surface area (Å²) in [5.74, 6) is 0.976. The van der Waals surface area contributed by atoms with Crippen molar-refractivity contribution in [2.75, 3.05) is 0 Å². The number of hydrogen-bond donors (Lipinski definition) is 0. The van der Waals surface area contributed by atoms with Crippen molar-refractivity contribution in [3.63, 3.8) is 0 Å². The molecular weight excluding hydrogens is 442 g/mol. The highest BCUT2D eigenvalue weighted by Gasteiger charge is 2.59. The molecule has 0 radical (unpaired) electrons. The highest BCUT2D eigenvalue weighted by molar-refractivity contribution is 5.30. The number of hydrogen-bond acceptors (Lipinski definition) is 1. The molecule has 0 saturated heterocycles.